The van der Waals surface area contributed by atoms with Crippen LogP contribution in [0.1, 0.15) is 22.5 Å². The number of hydrogen-bond donors (Lipinski definition) is 1. The summed E-state index contributed by atoms with van der Waals surface area (Å²) in [5.41, 5.74) is 2.32. The van der Waals surface area contributed by atoms with Crippen LogP contribution in [0.5, 0.6) is 5.75 Å². The zero-order valence-electron chi connectivity index (χ0n) is 14.5. The lowest BCUT2D eigenvalue weighted by Crippen LogP contribution is -2.51. The Kier molecular flexibility index (Phi) is 4.53. The van der Waals surface area contributed by atoms with Gasteiger partial charge in [0.2, 0.25) is 0 Å². The van der Waals surface area contributed by atoms with Gasteiger partial charge in [0, 0.05) is 30.9 Å². The first-order valence-corrected chi connectivity index (χ1v) is 8.60. The summed E-state index contributed by atoms with van der Waals surface area (Å²) in [5.74, 6) is 0.535. The molecule has 0 saturated carbocycles. The van der Waals surface area contributed by atoms with E-state index in [0.717, 1.165) is 11.3 Å². The van der Waals surface area contributed by atoms with E-state index >= 15 is 0 Å². The van der Waals surface area contributed by atoms with Crippen molar-refractivity contribution in [1.29, 1.82) is 0 Å². The predicted octanol–water partition coefficient (Wildman–Crippen LogP) is 2.00. The molecule has 4 rings (SSSR count). The summed E-state index contributed by atoms with van der Waals surface area (Å²) in [6, 6.07) is 7.24. The molecule has 0 aromatic carbocycles. The van der Waals surface area contributed by atoms with Crippen LogP contribution in [0, 0.1) is 6.92 Å². The van der Waals surface area contributed by atoms with Gasteiger partial charge in [-0.3, -0.25) is 9.78 Å². The van der Waals surface area contributed by atoms with E-state index in [1.807, 2.05) is 35.7 Å². The zero-order valence-corrected chi connectivity index (χ0v) is 14.5. The number of aromatic nitrogens is 3. The molecule has 0 aliphatic carbocycles. The van der Waals surface area contributed by atoms with Crippen LogP contribution in [0.2, 0.25) is 0 Å². The number of ether oxygens (including phenoxy) is 2. The quantitative estimate of drug-likeness (QED) is 0.777. The van der Waals surface area contributed by atoms with E-state index in [9.17, 15) is 4.79 Å². The number of imidazole rings is 1. The summed E-state index contributed by atoms with van der Waals surface area (Å²) in [6.45, 7) is 2.95. The zero-order chi connectivity index (χ0) is 17.9. The maximum absolute atomic E-state index is 12.7. The number of pyridine rings is 2. The summed E-state index contributed by atoms with van der Waals surface area (Å²) in [4.78, 5) is 21.1. The molecule has 0 radical (unpaired) electrons. The maximum Gasteiger partial charge on any atom is 0.253 e. The third kappa shape index (κ3) is 3.52. The van der Waals surface area contributed by atoms with Gasteiger partial charge in [-0.2, -0.15) is 0 Å². The lowest BCUT2D eigenvalue weighted by Gasteiger charge is -2.32. The second kappa shape index (κ2) is 7.13. The predicted molar refractivity (Wildman–Crippen MR) is 95.3 cm³/mol. The van der Waals surface area contributed by atoms with Crippen LogP contribution < -0.4 is 10.1 Å². The molecule has 1 N–H and O–H groups in total. The molecule has 1 saturated heterocycles. The molecule has 0 bridgehead atoms. The molecule has 0 spiro atoms. The fourth-order valence-electron chi connectivity index (χ4n) is 3.00. The Morgan fingerprint density at radius 3 is 3.08 bits per heavy atom. The van der Waals surface area contributed by atoms with E-state index < -0.39 is 0 Å². The highest BCUT2D eigenvalue weighted by atomic mass is 16.5. The Hall–Kier alpha value is -2.93. The molecule has 0 unspecified atom stereocenters. The minimum Gasteiger partial charge on any atom is -0.484 e. The number of carbonyl (C=O) groups is 1. The van der Waals surface area contributed by atoms with E-state index in [-0.39, 0.29) is 18.1 Å². The van der Waals surface area contributed by atoms with E-state index in [0.29, 0.717) is 30.9 Å². The highest BCUT2D eigenvalue weighted by molar-refractivity contribution is 5.94. The number of aryl methyl sites for hydroxylation is 1. The third-order valence-corrected chi connectivity index (χ3v) is 4.44. The number of rotatable bonds is 4. The molecule has 3 aromatic rings. The van der Waals surface area contributed by atoms with Gasteiger partial charge in [-0.1, -0.05) is 0 Å². The molecule has 1 aliphatic rings. The Morgan fingerprint density at radius 1 is 1.31 bits per heavy atom. The van der Waals surface area contributed by atoms with E-state index in [2.05, 4.69) is 15.3 Å². The number of fused-ring (bicyclic) bond motifs is 1. The van der Waals surface area contributed by atoms with Gasteiger partial charge in [0.15, 0.2) is 0 Å². The minimum atomic E-state index is -0.255. The SMILES string of the molecule is Cc1ccc(O[C@H]2COCC[C@H]2NC(=O)c2ccc3nccn3c2)cn1. The van der Waals surface area contributed by atoms with Gasteiger partial charge in [-0.05, 0) is 37.6 Å². The van der Waals surface area contributed by atoms with Gasteiger partial charge < -0.3 is 19.2 Å². The van der Waals surface area contributed by atoms with Crippen LogP contribution in [0.3, 0.4) is 0 Å². The number of hydrogen-bond acceptors (Lipinski definition) is 5. The van der Waals surface area contributed by atoms with Crippen LogP contribution in [-0.4, -0.2) is 45.6 Å². The van der Waals surface area contributed by atoms with Crippen molar-refractivity contribution < 1.29 is 14.3 Å². The van der Waals surface area contributed by atoms with Crippen molar-refractivity contribution in [2.45, 2.75) is 25.5 Å². The van der Waals surface area contributed by atoms with Crippen LogP contribution in [0.4, 0.5) is 0 Å². The lowest BCUT2D eigenvalue weighted by atomic mass is 10.1. The van der Waals surface area contributed by atoms with Gasteiger partial charge in [0.25, 0.3) is 5.91 Å². The summed E-state index contributed by atoms with van der Waals surface area (Å²) in [6.07, 6.45) is 7.43. The molecule has 134 valence electrons. The summed E-state index contributed by atoms with van der Waals surface area (Å²) >= 11 is 0. The smallest absolute Gasteiger partial charge is 0.253 e. The minimum absolute atomic E-state index is 0.129. The first-order valence-electron chi connectivity index (χ1n) is 8.60. The fourth-order valence-corrected chi connectivity index (χ4v) is 3.00. The van der Waals surface area contributed by atoms with Crippen molar-refractivity contribution in [3.05, 3.63) is 60.3 Å². The van der Waals surface area contributed by atoms with Gasteiger partial charge in [0.05, 0.1) is 24.4 Å². The molecule has 2 atom stereocenters. The van der Waals surface area contributed by atoms with Crippen molar-refractivity contribution in [3.63, 3.8) is 0 Å². The second-order valence-electron chi connectivity index (χ2n) is 6.35. The Bertz CT molecular complexity index is 907. The first-order chi connectivity index (χ1) is 12.7. The molecule has 1 amide bonds. The number of nitrogens with one attached hydrogen (secondary N) is 1. The van der Waals surface area contributed by atoms with Crippen LogP contribution in [0.15, 0.2) is 49.1 Å². The van der Waals surface area contributed by atoms with Crippen molar-refractivity contribution in [2.75, 3.05) is 13.2 Å². The monoisotopic (exact) mass is 352 g/mol. The van der Waals surface area contributed by atoms with Crippen molar-refractivity contribution in [2.24, 2.45) is 0 Å². The molecule has 1 fully saturated rings. The van der Waals surface area contributed by atoms with E-state index in [1.54, 1.807) is 24.7 Å². The van der Waals surface area contributed by atoms with E-state index in [1.165, 1.54) is 0 Å². The van der Waals surface area contributed by atoms with Gasteiger partial charge in [0.1, 0.15) is 17.5 Å². The van der Waals surface area contributed by atoms with E-state index in [4.69, 9.17) is 9.47 Å². The normalized spacial score (nSPS) is 20.0. The molecule has 7 nitrogen and oxygen atoms in total. The average molecular weight is 352 g/mol. The number of carbonyl (C=O) groups excluding carboxylic acids is 1. The summed E-state index contributed by atoms with van der Waals surface area (Å²) in [5, 5.41) is 3.08. The number of amides is 1. The highest BCUT2D eigenvalue weighted by Crippen LogP contribution is 2.18. The van der Waals surface area contributed by atoms with Gasteiger partial charge in [-0.15, -0.1) is 0 Å². The lowest BCUT2D eigenvalue weighted by molar-refractivity contribution is -0.0136. The largest absolute Gasteiger partial charge is 0.484 e. The van der Waals surface area contributed by atoms with Crippen LogP contribution in [-0.2, 0) is 4.74 Å². The van der Waals surface area contributed by atoms with Crippen LogP contribution >= 0.6 is 0 Å². The highest BCUT2D eigenvalue weighted by Gasteiger charge is 2.29. The Balaban J connectivity index is 1.47. The first kappa shape index (κ1) is 16.5. The second-order valence-corrected chi connectivity index (χ2v) is 6.35. The molecule has 1 aliphatic heterocycles. The van der Waals surface area contributed by atoms with Crippen molar-refractivity contribution in [1.82, 2.24) is 19.7 Å². The van der Waals surface area contributed by atoms with Gasteiger partial charge >= 0.3 is 0 Å². The standard InChI is InChI=1S/C19H20N4O3/c1-13-2-4-15(10-21-13)26-17-12-25-9-6-16(17)22-19(24)14-3-5-18-20-7-8-23(18)11-14/h2-5,7-8,10-11,16-17H,6,9,12H2,1H3,(H,22,24)/t16-,17+/m1/s1. The van der Waals surface area contributed by atoms with Gasteiger partial charge in [-0.25, -0.2) is 4.98 Å². The molecule has 26 heavy (non-hydrogen) atoms. The average Bonchev–Trinajstić information content (AvgIpc) is 3.13. The summed E-state index contributed by atoms with van der Waals surface area (Å²) < 4.78 is 13.4. The summed E-state index contributed by atoms with van der Waals surface area (Å²) in [7, 11) is 0. The fraction of sp³-hybridized carbons (Fsp3) is 0.316. The third-order valence-electron chi connectivity index (χ3n) is 4.44. The molecule has 3 aromatic heterocycles. The molecule has 4 heterocycles. The molecular weight excluding hydrogens is 332 g/mol. The number of nitrogens with zero attached hydrogens (tertiary/aromatic N) is 3. The maximum atomic E-state index is 12.7. The van der Waals surface area contributed by atoms with Crippen molar-refractivity contribution in [3.8, 4) is 5.75 Å². The molecular formula is C19H20N4O3. The Labute approximate surface area is 151 Å². The Morgan fingerprint density at radius 2 is 2.23 bits per heavy atom. The topological polar surface area (TPSA) is 77.8 Å². The van der Waals surface area contributed by atoms with Crippen molar-refractivity contribution >= 4 is 11.6 Å². The molecule has 7 heteroatoms. The van der Waals surface area contributed by atoms with Crippen LogP contribution in [0.25, 0.3) is 5.65 Å².